The Hall–Kier alpha value is -2.20. The Balaban J connectivity index is 1.77. The summed E-state index contributed by atoms with van der Waals surface area (Å²) in [7, 11) is -4.05. The number of hydrogen-bond donors (Lipinski definition) is 1. The van der Waals surface area contributed by atoms with E-state index in [2.05, 4.69) is 5.32 Å². The van der Waals surface area contributed by atoms with E-state index >= 15 is 0 Å². The van der Waals surface area contributed by atoms with Crippen LogP contribution in [0.4, 0.5) is 5.69 Å². The van der Waals surface area contributed by atoms with Gasteiger partial charge in [0.25, 0.3) is 0 Å². The van der Waals surface area contributed by atoms with Crippen molar-refractivity contribution in [2.45, 2.75) is 50.7 Å². The summed E-state index contributed by atoms with van der Waals surface area (Å²) in [6.45, 7) is -0.697. The van der Waals surface area contributed by atoms with Crippen LogP contribution < -0.4 is 9.62 Å². The molecular weight excluding hydrogens is 676 g/mol. The highest BCUT2D eigenvalue weighted by Crippen LogP contribution is 2.36. The first-order valence-electron chi connectivity index (χ1n) is 13.5. The lowest BCUT2D eigenvalue weighted by Gasteiger charge is -2.34. The molecule has 0 unspecified atom stereocenters. The molecule has 0 spiro atoms. The molecule has 230 valence electrons. The Bertz CT molecular complexity index is 1580. The van der Waals surface area contributed by atoms with Crippen LogP contribution in [-0.4, -0.2) is 50.0 Å². The highest BCUT2D eigenvalue weighted by atomic mass is 35.5. The molecule has 4 rings (SSSR count). The lowest BCUT2D eigenvalue weighted by molar-refractivity contribution is -0.140. The van der Waals surface area contributed by atoms with Gasteiger partial charge >= 0.3 is 0 Å². The molecule has 3 aromatic carbocycles. The quantitative estimate of drug-likeness (QED) is 0.211. The molecule has 1 saturated carbocycles. The molecule has 2 amide bonds. The number of benzene rings is 3. The van der Waals surface area contributed by atoms with Crippen LogP contribution in [0.2, 0.25) is 25.1 Å². The zero-order valence-electron chi connectivity index (χ0n) is 23.2. The third-order valence-electron chi connectivity index (χ3n) is 7.25. The third-order valence-corrected chi connectivity index (χ3v) is 10.1. The van der Waals surface area contributed by atoms with Crippen molar-refractivity contribution in [2.75, 3.05) is 17.1 Å². The van der Waals surface area contributed by atoms with E-state index in [-0.39, 0.29) is 50.7 Å². The number of sulfonamides is 1. The van der Waals surface area contributed by atoms with E-state index < -0.39 is 28.5 Å². The summed E-state index contributed by atoms with van der Waals surface area (Å²) in [6.07, 6.45) is 4.86. The molecule has 0 saturated heterocycles. The maximum atomic E-state index is 14.2. The molecule has 0 aromatic heterocycles. The van der Waals surface area contributed by atoms with Gasteiger partial charge in [0.05, 0.1) is 37.1 Å². The van der Waals surface area contributed by atoms with Crippen molar-refractivity contribution in [2.24, 2.45) is 0 Å². The summed E-state index contributed by atoms with van der Waals surface area (Å²) in [5, 5.41) is 3.91. The number of nitrogens with zero attached hydrogens (tertiary/aromatic N) is 2. The number of carbonyl (C=O) groups is 2. The SMILES string of the molecule is CS(=O)(=O)N(CC(=O)N(Cc1ccc(Cl)c(Cl)c1)[C@@H](Cc1ccccc1)C(=O)NC1CCCC1)c1cc(Cl)c(Cl)cc1Cl. The second-order valence-corrected chi connectivity index (χ2v) is 14.4. The zero-order chi connectivity index (χ0) is 31.3. The monoisotopic (exact) mass is 703 g/mol. The Morgan fingerprint density at radius 3 is 2.09 bits per heavy atom. The molecule has 1 aliphatic carbocycles. The first-order valence-corrected chi connectivity index (χ1v) is 17.3. The third kappa shape index (κ3) is 8.93. The van der Waals surface area contributed by atoms with Crippen molar-refractivity contribution < 1.29 is 18.0 Å². The minimum absolute atomic E-state index is 0.00441. The molecule has 1 N–H and O–H groups in total. The van der Waals surface area contributed by atoms with Gasteiger partial charge in [-0.05, 0) is 48.2 Å². The van der Waals surface area contributed by atoms with Gasteiger partial charge in [0, 0.05) is 19.0 Å². The fourth-order valence-electron chi connectivity index (χ4n) is 5.05. The second kappa shape index (κ2) is 14.7. The number of hydrogen-bond acceptors (Lipinski definition) is 4. The van der Waals surface area contributed by atoms with Crippen molar-refractivity contribution >= 4 is 85.5 Å². The van der Waals surface area contributed by atoms with Crippen molar-refractivity contribution in [3.05, 3.63) is 96.9 Å². The summed E-state index contributed by atoms with van der Waals surface area (Å²) >= 11 is 31.1. The highest BCUT2D eigenvalue weighted by Gasteiger charge is 2.35. The van der Waals surface area contributed by atoms with Crippen molar-refractivity contribution in [3.63, 3.8) is 0 Å². The minimum Gasteiger partial charge on any atom is -0.352 e. The van der Waals surface area contributed by atoms with Crippen LogP contribution in [0.1, 0.15) is 36.8 Å². The molecule has 13 heteroatoms. The molecule has 0 aliphatic heterocycles. The lowest BCUT2D eigenvalue weighted by Crippen LogP contribution is -2.54. The molecule has 0 bridgehead atoms. The average Bonchev–Trinajstić information content (AvgIpc) is 3.46. The topological polar surface area (TPSA) is 86.8 Å². The predicted octanol–water partition coefficient (Wildman–Crippen LogP) is 7.42. The van der Waals surface area contributed by atoms with E-state index in [0.29, 0.717) is 10.6 Å². The van der Waals surface area contributed by atoms with Crippen LogP contribution in [0.3, 0.4) is 0 Å². The van der Waals surface area contributed by atoms with Gasteiger partial charge in [0.1, 0.15) is 12.6 Å². The zero-order valence-corrected chi connectivity index (χ0v) is 27.8. The summed E-state index contributed by atoms with van der Waals surface area (Å²) in [5.41, 5.74) is 1.41. The fourth-order valence-corrected chi connectivity index (χ4v) is 6.92. The van der Waals surface area contributed by atoms with E-state index in [9.17, 15) is 18.0 Å². The molecule has 43 heavy (non-hydrogen) atoms. The molecular formula is C30H30Cl5N3O4S. The Kier molecular flexibility index (Phi) is 11.5. The maximum Gasteiger partial charge on any atom is 0.244 e. The normalized spacial score (nSPS) is 14.4. The molecule has 1 aliphatic rings. The summed E-state index contributed by atoms with van der Waals surface area (Å²) in [6, 6.07) is 15.8. The maximum absolute atomic E-state index is 14.2. The molecule has 7 nitrogen and oxygen atoms in total. The predicted molar refractivity (Wildman–Crippen MR) is 175 cm³/mol. The number of nitrogens with one attached hydrogen (secondary N) is 1. The summed E-state index contributed by atoms with van der Waals surface area (Å²) in [5.74, 6) is -0.969. The van der Waals surface area contributed by atoms with Crippen LogP contribution in [0.15, 0.2) is 60.7 Å². The molecule has 1 atom stereocenters. The van der Waals surface area contributed by atoms with Gasteiger partial charge in [-0.2, -0.15) is 0 Å². The van der Waals surface area contributed by atoms with Crippen LogP contribution in [0.5, 0.6) is 0 Å². The molecule has 0 radical (unpaired) electrons. The average molecular weight is 706 g/mol. The first-order chi connectivity index (χ1) is 20.3. The Morgan fingerprint density at radius 1 is 0.837 bits per heavy atom. The van der Waals surface area contributed by atoms with Gasteiger partial charge in [-0.3, -0.25) is 13.9 Å². The molecule has 0 heterocycles. The number of amides is 2. The number of anilines is 1. The first kappa shape index (κ1) is 33.7. The van der Waals surface area contributed by atoms with E-state index in [1.165, 1.54) is 17.0 Å². The van der Waals surface area contributed by atoms with E-state index in [4.69, 9.17) is 58.0 Å². The van der Waals surface area contributed by atoms with Gasteiger partial charge < -0.3 is 10.2 Å². The van der Waals surface area contributed by atoms with Gasteiger partial charge in [-0.15, -0.1) is 0 Å². The molecule has 3 aromatic rings. The van der Waals surface area contributed by atoms with Crippen LogP contribution in [0.25, 0.3) is 0 Å². The van der Waals surface area contributed by atoms with Crippen molar-refractivity contribution in [3.8, 4) is 0 Å². The van der Waals surface area contributed by atoms with Crippen LogP contribution in [-0.2, 0) is 32.6 Å². The van der Waals surface area contributed by atoms with Gasteiger partial charge in [0.15, 0.2) is 0 Å². The van der Waals surface area contributed by atoms with Crippen molar-refractivity contribution in [1.29, 1.82) is 0 Å². The number of carbonyl (C=O) groups excluding carboxylic acids is 2. The molecule has 1 fully saturated rings. The van der Waals surface area contributed by atoms with E-state index in [1.807, 2.05) is 30.3 Å². The van der Waals surface area contributed by atoms with Crippen molar-refractivity contribution in [1.82, 2.24) is 10.2 Å². The van der Waals surface area contributed by atoms with Crippen LogP contribution in [0, 0.1) is 0 Å². The van der Waals surface area contributed by atoms with E-state index in [0.717, 1.165) is 41.8 Å². The van der Waals surface area contributed by atoms with Gasteiger partial charge in [0.2, 0.25) is 21.8 Å². The second-order valence-electron chi connectivity index (χ2n) is 10.5. The standard InChI is InChI=1S/C30H30Cl5N3O4S/c1-43(41,42)38(27-16-25(34)24(33)15-26(27)35)18-29(39)37(17-20-11-12-22(31)23(32)13-20)28(14-19-7-3-2-4-8-19)30(40)36-21-9-5-6-10-21/h2-4,7-8,11-13,15-16,21,28H,5-6,9-10,14,17-18H2,1H3,(H,36,40)/t28-/m0/s1. The Morgan fingerprint density at radius 2 is 1.47 bits per heavy atom. The smallest absolute Gasteiger partial charge is 0.244 e. The largest absolute Gasteiger partial charge is 0.352 e. The van der Waals surface area contributed by atoms with E-state index in [1.54, 1.807) is 18.2 Å². The summed E-state index contributed by atoms with van der Waals surface area (Å²) in [4.78, 5) is 29.5. The Labute approximate surface area is 277 Å². The number of halogens is 5. The van der Waals surface area contributed by atoms with Crippen LogP contribution >= 0.6 is 58.0 Å². The minimum atomic E-state index is -4.05. The van der Waals surface area contributed by atoms with Gasteiger partial charge in [-0.1, -0.05) is 107 Å². The summed E-state index contributed by atoms with van der Waals surface area (Å²) < 4.78 is 26.9. The van der Waals surface area contributed by atoms with Gasteiger partial charge in [-0.25, -0.2) is 8.42 Å². The highest BCUT2D eigenvalue weighted by molar-refractivity contribution is 7.92. The lowest BCUT2D eigenvalue weighted by atomic mass is 10.0. The fraction of sp³-hybridized carbons (Fsp3) is 0.333. The number of rotatable bonds is 11.